The zero-order valence-electron chi connectivity index (χ0n) is 16.3. The van der Waals surface area contributed by atoms with Crippen LogP contribution in [-0.2, 0) is 21.2 Å². The fraction of sp³-hybridized carbons (Fsp3) is 0.409. The van der Waals surface area contributed by atoms with Crippen molar-refractivity contribution in [3.8, 4) is 5.75 Å². The molecule has 29 heavy (non-hydrogen) atoms. The number of rotatable bonds is 6. The molecule has 0 saturated heterocycles. The predicted octanol–water partition coefficient (Wildman–Crippen LogP) is 3.27. The third-order valence-corrected chi connectivity index (χ3v) is 7.40. The van der Waals surface area contributed by atoms with E-state index >= 15 is 0 Å². The summed E-state index contributed by atoms with van der Waals surface area (Å²) >= 11 is 0. The number of sulfonamides is 1. The Kier molecular flexibility index (Phi) is 5.76. The number of amides is 1. The number of hydrogen-bond donors (Lipinski definition) is 1. The van der Waals surface area contributed by atoms with Gasteiger partial charge in [0.2, 0.25) is 0 Å². The molecule has 0 bridgehead atoms. The van der Waals surface area contributed by atoms with Crippen LogP contribution < -0.4 is 14.4 Å². The zero-order chi connectivity index (χ0) is 20.3. The number of aryl methyl sites for hydroxylation is 1. The highest BCUT2D eigenvalue weighted by molar-refractivity contribution is 7.92. The molecule has 0 radical (unpaired) electrons. The standard InChI is InChI=1S/C22H26N2O4S/c25-22(23-18-8-2-3-9-18)16-28-19-11-13-20(14-12-19)29(26,27)24-15-5-7-17-6-1-4-10-21(17)24/h1,4,6,10-14,18H,2-3,5,7-9,15-16H2,(H,23,25). The van der Waals surface area contributed by atoms with Crippen molar-refractivity contribution >= 4 is 21.6 Å². The summed E-state index contributed by atoms with van der Waals surface area (Å²) in [6.07, 6.45) is 6.05. The van der Waals surface area contributed by atoms with Gasteiger partial charge in [-0.05, 0) is 61.6 Å². The molecule has 1 N–H and O–H groups in total. The lowest BCUT2D eigenvalue weighted by molar-refractivity contribution is -0.123. The first-order chi connectivity index (χ1) is 14.0. The van der Waals surface area contributed by atoms with Crippen molar-refractivity contribution in [2.24, 2.45) is 0 Å². The maximum absolute atomic E-state index is 13.1. The van der Waals surface area contributed by atoms with Crippen molar-refractivity contribution in [2.75, 3.05) is 17.5 Å². The lowest BCUT2D eigenvalue weighted by atomic mass is 10.0. The van der Waals surface area contributed by atoms with Gasteiger partial charge < -0.3 is 10.1 Å². The quantitative estimate of drug-likeness (QED) is 0.787. The van der Waals surface area contributed by atoms with Crippen LogP contribution in [0.2, 0.25) is 0 Å². The summed E-state index contributed by atoms with van der Waals surface area (Å²) in [5, 5.41) is 2.97. The average Bonchev–Trinajstić information content (AvgIpc) is 3.25. The van der Waals surface area contributed by atoms with Crippen LogP contribution in [0.15, 0.2) is 53.4 Å². The van der Waals surface area contributed by atoms with Crippen molar-refractivity contribution in [1.82, 2.24) is 5.32 Å². The smallest absolute Gasteiger partial charge is 0.264 e. The Morgan fingerprint density at radius 2 is 1.76 bits per heavy atom. The maximum atomic E-state index is 13.1. The highest BCUT2D eigenvalue weighted by Crippen LogP contribution is 2.32. The second-order valence-electron chi connectivity index (χ2n) is 7.62. The van der Waals surface area contributed by atoms with Gasteiger partial charge in [-0.25, -0.2) is 8.42 Å². The predicted molar refractivity (Wildman–Crippen MR) is 112 cm³/mol. The Morgan fingerprint density at radius 3 is 2.52 bits per heavy atom. The summed E-state index contributed by atoms with van der Waals surface area (Å²) in [5.74, 6) is 0.336. The van der Waals surface area contributed by atoms with E-state index in [1.54, 1.807) is 12.1 Å². The number of carbonyl (C=O) groups is 1. The Labute approximate surface area is 171 Å². The van der Waals surface area contributed by atoms with Gasteiger partial charge in [0.25, 0.3) is 15.9 Å². The molecular weight excluding hydrogens is 388 g/mol. The van der Waals surface area contributed by atoms with Gasteiger partial charge in [-0.15, -0.1) is 0 Å². The summed E-state index contributed by atoms with van der Waals surface area (Å²) in [7, 11) is -3.64. The number of anilines is 1. The Morgan fingerprint density at radius 1 is 1.03 bits per heavy atom. The molecule has 6 nitrogen and oxygen atoms in total. The number of nitrogens with zero attached hydrogens (tertiary/aromatic N) is 1. The molecule has 1 amide bonds. The second kappa shape index (κ2) is 8.45. The topological polar surface area (TPSA) is 75.7 Å². The summed E-state index contributed by atoms with van der Waals surface area (Å²) in [6.45, 7) is 0.404. The van der Waals surface area contributed by atoms with Crippen molar-refractivity contribution in [2.45, 2.75) is 49.5 Å². The molecule has 1 saturated carbocycles. The molecule has 1 fully saturated rings. The number of para-hydroxylation sites is 1. The third kappa shape index (κ3) is 4.40. The first-order valence-corrected chi connectivity index (χ1v) is 11.6. The highest BCUT2D eigenvalue weighted by Gasteiger charge is 2.28. The van der Waals surface area contributed by atoms with Crippen molar-refractivity contribution in [3.05, 3.63) is 54.1 Å². The number of benzene rings is 2. The molecule has 1 aliphatic heterocycles. The lowest BCUT2D eigenvalue weighted by Crippen LogP contribution is -2.36. The van der Waals surface area contributed by atoms with Crippen LogP contribution in [0.5, 0.6) is 5.75 Å². The van der Waals surface area contributed by atoms with Crippen LogP contribution in [0, 0.1) is 0 Å². The van der Waals surface area contributed by atoms with E-state index in [1.807, 2.05) is 24.3 Å². The van der Waals surface area contributed by atoms with Crippen LogP contribution in [0.1, 0.15) is 37.7 Å². The van der Waals surface area contributed by atoms with E-state index in [1.165, 1.54) is 16.4 Å². The Hall–Kier alpha value is -2.54. The van der Waals surface area contributed by atoms with E-state index in [0.717, 1.165) is 49.8 Å². The molecule has 0 aromatic heterocycles. The fourth-order valence-corrected chi connectivity index (χ4v) is 5.61. The molecule has 0 unspecified atom stereocenters. The number of nitrogens with one attached hydrogen (secondary N) is 1. The minimum Gasteiger partial charge on any atom is -0.484 e. The molecule has 0 atom stereocenters. The Balaban J connectivity index is 1.41. The number of hydrogen-bond acceptors (Lipinski definition) is 4. The monoisotopic (exact) mass is 414 g/mol. The van der Waals surface area contributed by atoms with Crippen LogP contribution in [0.25, 0.3) is 0 Å². The van der Waals surface area contributed by atoms with Crippen LogP contribution in [-0.4, -0.2) is 33.5 Å². The lowest BCUT2D eigenvalue weighted by Gasteiger charge is -2.30. The zero-order valence-corrected chi connectivity index (χ0v) is 17.2. The van der Waals surface area contributed by atoms with Gasteiger partial charge in [-0.3, -0.25) is 9.10 Å². The minimum absolute atomic E-state index is 0.0674. The molecule has 4 rings (SSSR count). The van der Waals surface area contributed by atoms with Crippen LogP contribution in [0.4, 0.5) is 5.69 Å². The van der Waals surface area contributed by atoms with E-state index in [-0.39, 0.29) is 23.5 Å². The Bertz CT molecular complexity index is 967. The summed E-state index contributed by atoms with van der Waals surface area (Å²) in [6, 6.07) is 14.2. The van der Waals surface area contributed by atoms with E-state index in [9.17, 15) is 13.2 Å². The second-order valence-corrected chi connectivity index (χ2v) is 9.48. The molecule has 2 aliphatic rings. The van der Waals surface area contributed by atoms with E-state index < -0.39 is 10.0 Å². The SMILES string of the molecule is O=C(COc1ccc(S(=O)(=O)N2CCCc3ccccc32)cc1)NC1CCCC1. The van der Waals surface area contributed by atoms with Gasteiger partial charge >= 0.3 is 0 Å². The first kappa shape index (κ1) is 19.8. The summed E-state index contributed by atoms with van der Waals surface area (Å²) in [5.41, 5.74) is 1.80. The molecule has 154 valence electrons. The van der Waals surface area contributed by atoms with Crippen LogP contribution in [0.3, 0.4) is 0 Å². The van der Waals surface area contributed by atoms with Gasteiger partial charge in [-0.2, -0.15) is 0 Å². The maximum Gasteiger partial charge on any atom is 0.264 e. The third-order valence-electron chi connectivity index (χ3n) is 5.57. The molecule has 1 heterocycles. The minimum atomic E-state index is -3.64. The molecular formula is C22H26N2O4S. The van der Waals surface area contributed by atoms with Crippen LogP contribution >= 0.6 is 0 Å². The number of fused-ring (bicyclic) bond motifs is 1. The van der Waals surface area contributed by atoms with Gasteiger partial charge in [0, 0.05) is 12.6 Å². The fourth-order valence-electron chi connectivity index (χ4n) is 4.07. The molecule has 2 aromatic rings. The van der Waals surface area contributed by atoms with Gasteiger partial charge in [0.1, 0.15) is 5.75 Å². The normalized spacial score (nSPS) is 17.0. The van der Waals surface area contributed by atoms with E-state index in [2.05, 4.69) is 5.32 Å². The van der Waals surface area contributed by atoms with Gasteiger partial charge in [-0.1, -0.05) is 31.0 Å². The average molecular weight is 415 g/mol. The first-order valence-electron chi connectivity index (χ1n) is 10.2. The molecule has 7 heteroatoms. The molecule has 2 aromatic carbocycles. The number of carbonyl (C=O) groups excluding carboxylic acids is 1. The largest absolute Gasteiger partial charge is 0.484 e. The van der Waals surface area contributed by atoms with Crippen molar-refractivity contribution in [1.29, 1.82) is 0 Å². The van der Waals surface area contributed by atoms with Gasteiger partial charge in [0.15, 0.2) is 6.61 Å². The summed E-state index contributed by atoms with van der Waals surface area (Å²) < 4.78 is 33.3. The van der Waals surface area contributed by atoms with E-state index in [0.29, 0.717) is 12.3 Å². The summed E-state index contributed by atoms with van der Waals surface area (Å²) in [4.78, 5) is 12.2. The highest BCUT2D eigenvalue weighted by atomic mass is 32.2. The van der Waals surface area contributed by atoms with Crippen molar-refractivity contribution < 1.29 is 17.9 Å². The number of ether oxygens (including phenoxy) is 1. The van der Waals surface area contributed by atoms with Crippen molar-refractivity contribution in [3.63, 3.8) is 0 Å². The van der Waals surface area contributed by atoms with Gasteiger partial charge in [0.05, 0.1) is 10.6 Å². The van der Waals surface area contributed by atoms with E-state index in [4.69, 9.17) is 4.74 Å². The molecule has 0 spiro atoms. The molecule has 1 aliphatic carbocycles.